The number of carbonyl (C=O) groups is 1. The average molecular weight is 371 g/mol. The normalized spacial score (nSPS) is 10.9. The maximum Gasteiger partial charge on any atom is 0.246 e. The number of nitrogens with zero attached hydrogens (tertiary/aromatic N) is 2. The van der Waals surface area contributed by atoms with Crippen LogP contribution in [0.2, 0.25) is 0 Å². The highest BCUT2D eigenvalue weighted by atomic mass is 16.5. The summed E-state index contributed by atoms with van der Waals surface area (Å²) in [5.41, 5.74) is 3.24. The summed E-state index contributed by atoms with van der Waals surface area (Å²) in [6.45, 7) is 2.26. The molecular weight excluding hydrogens is 350 g/mol. The van der Waals surface area contributed by atoms with E-state index in [0.717, 1.165) is 5.56 Å². The number of benzene rings is 3. The molecule has 0 unspecified atom stereocenters. The third-order valence-corrected chi connectivity index (χ3v) is 4.72. The molecule has 0 bridgehead atoms. The Hall–Kier alpha value is -3.47. The number of rotatable bonds is 6. The maximum atomic E-state index is 12.2. The Balaban J connectivity index is 1.33. The molecule has 0 aliphatic rings. The first-order chi connectivity index (χ1) is 13.7. The van der Waals surface area contributed by atoms with E-state index in [9.17, 15) is 4.79 Å². The lowest BCUT2D eigenvalue weighted by Crippen LogP contribution is -2.23. The first kappa shape index (κ1) is 17.9. The number of carbonyl (C=O) groups excluding carboxylic acids is 1. The molecule has 1 aromatic heterocycles. The lowest BCUT2D eigenvalue weighted by molar-refractivity contribution is -0.121. The van der Waals surface area contributed by atoms with Crippen LogP contribution in [0.5, 0.6) is 0 Å². The van der Waals surface area contributed by atoms with E-state index >= 15 is 0 Å². The molecule has 0 aliphatic carbocycles. The van der Waals surface area contributed by atoms with E-state index < -0.39 is 0 Å². The van der Waals surface area contributed by atoms with E-state index in [1.54, 1.807) is 0 Å². The van der Waals surface area contributed by atoms with E-state index in [0.29, 0.717) is 24.6 Å². The van der Waals surface area contributed by atoms with Crippen molar-refractivity contribution < 1.29 is 9.32 Å². The van der Waals surface area contributed by atoms with Crippen LogP contribution in [0.25, 0.3) is 22.2 Å². The molecule has 0 saturated carbocycles. The van der Waals surface area contributed by atoms with Crippen LogP contribution in [0, 0.1) is 6.92 Å². The molecule has 0 atom stereocenters. The van der Waals surface area contributed by atoms with Crippen LogP contribution in [0.15, 0.2) is 71.3 Å². The molecule has 1 amide bonds. The van der Waals surface area contributed by atoms with E-state index in [2.05, 4.69) is 39.7 Å². The van der Waals surface area contributed by atoms with Gasteiger partial charge in [0.05, 0.1) is 6.54 Å². The summed E-state index contributed by atoms with van der Waals surface area (Å²) < 4.78 is 5.24. The minimum atomic E-state index is -0.0389. The van der Waals surface area contributed by atoms with Gasteiger partial charge < -0.3 is 9.84 Å². The zero-order chi connectivity index (χ0) is 19.3. The van der Waals surface area contributed by atoms with E-state index in [-0.39, 0.29) is 12.5 Å². The molecule has 28 heavy (non-hydrogen) atoms. The Morgan fingerprint density at radius 3 is 2.64 bits per heavy atom. The molecule has 1 heterocycles. The number of amides is 1. The molecule has 5 heteroatoms. The second kappa shape index (κ2) is 8.05. The van der Waals surface area contributed by atoms with Gasteiger partial charge in [-0.3, -0.25) is 4.79 Å². The van der Waals surface area contributed by atoms with Crippen molar-refractivity contribution in [3.05, 3.63) is 83.7 Å². The maximum absolute atomic E-state index is 12.2. The SMILES string of the molecule is Cc1ccc(-c2noc(CNC(=O)CCc3cccc4ccccc34)n2)cc1. The van der Waals surface area contributed by atoms with Crippen molar-refractivity contribution in [1.29, 1.82) is 0 Å². The third kappa shape index (κ3) is 4.09. The summed E-state index contributed by atoms with van der Waals surface area (Å²) >= 11 is 0. The smallest absolute Gasteiger partial charge is 0.246 e. The summed E-state index contributed by atoms with van der Waals surface area (Å²) in [4.78, 5) is 16.6. The number of hydrogen-bond donors (Lipinski definition) is 1. The third-order valence-electron chi connectivity index (χ3n) is 4.72. The van der Waals surface area contributed by atoms with Crippen molar-refractivity contribution in [1.82, 2.24) is 15.5 Å². The van der Waals surface area contributed by atoms with Crippen molar-refractivity contribution in [2.45, 2.75) is 26.3 Å². The van der Waals surface area contributed by atoms with Crippen LogP contribution in [0.4, 0.5) is 0 Å². The second-order valence-corrected chi connectivity index (χ2v) is 6.79. The van der Waals surface area contributed by atoms with Gasteiger partial charge in [0.15, 0.2) is 0 Å². The molecule has 4 aromatic rings. The quantitative estimate of drug-likeness (QED) is 0.544. The van der Waals surface area contributed by atoms with Gasteiger partial charge in [0.25, 0.3) is 0 Å². The van der Waals surface area contributed by atoms with Crippen LogP contribution in [0.1, 0.15) is 23.4 Å². The van der Waals surface area contributed by atoms with E-state index in [1.165, 1.54) is 21.9 Å². The molecule has 4 rings (SSSR count). The fourth-order valence-electron chi connectivity index (χ4n) is 3.17. The van der Waals surface area contributed by atoms with Gasteiger partial charge in [-0.1, -0.05) is 77.5 Å². The molecular formula is C23H21N3O2. The van der Waals surface area contributed by atoms with E-state index in [4.69, 9.17) is 4.52 Å². The Morgan fingerprint density at radius 2 is 1.79 bits per heavy atom. The summed E-state index contributed by atoms with van der Waals surface area (Å²) in [7, 11) is 0. The lowest BCUT2D eigenvalue weighted by atomic mass is 10.0. The first-order valence-corrected chi connectivity index (χ1v) is 9.32. The highest BCUT2D eigenvalue weighted by molar-refractivity contribution is 5.86. The molecule has 140 valence electrons. The second-order valence-electron chi connectivity index (χ2n) is 6.79. The molecule has 0 saturated heterocycles. The number of nitrogens with one attached hydrogen (secondary N) is 1. The van der Waals surface area contributed by atoms with Crippen molar-refractivity contribution in [2.75, 3.05) is 0 Å². The van der Waals surface area contributed by atoms with Gasteiger partial charge in [0.2, 0.25) is 17.6 Å². The van der Waals surface area contributed by atoms with Gasteiger partial charge in [-0.2, -0.15) is 4.98 Å². The summed E-state index contributed by atoms with van der Waals surface area (Å²) in [6, 6.07) is 22.3. The van der Waals surface area contributed by atoms with Crippen LogP contribution in [0.3, 0.4) is 0 Å². The standard InChI is InChI=1S/C23H21N3O2/c1-16-9-11-19(12-10-16)23-25-22(28-26-23)15-24-21(27)14-13-18-7-4-6-17-5-2-3-8-20(17)18/h2-12H,13-15H2,1H3,(H,24,27). The fraction of sp³-hybridized carbons (Fsp3) is 0.174. The van der Waals surface area contributed by atoms with Crippen LogP contribution in [-0.4, -0.2) is 16.0 Å². The monoisotopic (exact) mass is 371 g/mol. The Morgan fingerprint density at radius 1 is 1.00 bits per heavy atom. The van der Waals surface area contributed by atoms with Gasteiger partial charge in [0.1, 0.15) is 0 Å². The van der Waals surface area contributed by atoms with Gasteiger partial charge in [0, 0.05) is 12.0 Å². The summed E-state index contributed by atoms with van der Waals surface area (Å²) in [5, 5.41) is 9.22. The van der Waals surface area contributed by atoms with E-state index in [1.807, 2.05) is 49.4 Å². The van der Waals surface area contributed by atoms with Gasteiger partial charge in [-0.15, -0.1) is 0 Å². The minimum absolute atomic E-state index is 0.0389. The number of fused-ring (bicyclic) bond motifs is 1. The minimum Gasteiger partial charge on any atom is -0.347 e. The molecule has 5 nitrogen and oxygen atoms in total. The zero-order valence-corrected chi connectivity index (χ0v) is 15.7. The van der Waals surface area contributed by atoms with Crippen LogP contribution < -0.4 is 5.32 Å². The highest BCUT2D eigenvalue weighted by Crippen LogP contribution is 2.20. The Bertz CT molecular complexity index is 1100. The van der Waals surface area contributed by atoms with Crippen molar-refractivity contribution in [3.63, 3.8) is 0 Å². The Kier molecular flexibility index (Phi) is 5.15. The van der Waals surface area contributed by atoms with Crippen LogP contribution >= 0.6 is 0 Å². The fourth-order valence-corrected chi connectivity index (χ4v) is 3.17. The highest BCUT2D eigenvalue weighted by Gasteiger charge is 2.10. The topological polar surface area (TPSA) is 68.0 Å². The first-order valence-electron chi connectivity index (χ1n) is 9.32. The van der Waals surface area contributed by atoms with Crippen molar-refractivity contribution in [2.24, 2.45) is 0 Å². The van der Waals surface area contributed by atoms with Gasteiger partial charge in [-0.05, 0) is 29.7 Å². The van der Waals surface area contributed by atoms with Gasteiger partial charge in [-0.25, -0.2) is 0 Å². The molecule has 0 aliphatic heterocycles. The number of hydrogen-bond acceptors (Lipinski definition) is 4. The molecule has 3 aromatic carbocycles. The molecule has 0 spiro atoms. The predicted molar refractivity (Wildman–Crippen MR) is 109 cm³/mol. The number of aryl methyl sites for hydroxylation is 2. The molecule has 0 fully saturated rings. The summed E-state index contributed by atoms with van der Waals surface area (Å²) in [5.74, 6) is 0.886. The largest absolute Gasteiger partial charge is 0.347 e. The van der Waals surface area contributed by atoms with Crippen LogP contribution in [-0.2, 0) is 17.8 Å². The number of aromatic nitrogens is 2. The lowest BCUT2D eigenvalue weighted by Gasteiger charge is -2.06. The summed E-state index contributed by atoms with van der Waals surface area (Å²) in [6.07, 6.45) is 1.10. The van der Waals surface area contributed by atoms with Gasteiger partial charge >= 0.3 is 0 Å². The van der Waals surface area contributed by atoms with Crippen molar-refractivity contribution in [3.8, 4) is 11.4 Å². The average Bonchev–Trinajstić information content (AvgIpc) is 3.20. The Labute approximate surface area is 163 Å². The predicted octanol–water partition coefficient (Wildman–Crippen LogP) is 4.45. The molecule has 1 N–H and O–H groups in total. The zero-order valence-electron chi connectivity index (χ0n) is 15.7. The van der Waals surface area contributed by atoms with Crippen molar-refractivity contribution >= 4 is 16.7 Å². The molecule has 0 radical (unpaired) electrons.